The molecular weight excluding hydrogens is 587 g/mol. The van der Waals surface area contributed by atoms with Crippen LogP contribution in [0.1, 0.15) is 35.7 Å². The maximum Gasteiger partial charge on any atom is 0.430 e. The Bertz CT molecular complexity index is 1340. The Morgan fingerprint density at radius 1 is 0.884 bits per heavy atom. The van der Waals surface area contributed by atoms with Gasteiger partial charge in [-0.25, -0.2) is 0 Å². The second kappa shape index (κ2) is 12.3. The molecule has 3 aliphatic heterocycles. The topological polar surface area (TPSA) is 96.4 Å². The van der Waals surface area contributed by atoms with Crippen LogP contribution in [0.15, 0.2) is 48.5 Å². The largest absolute Gasteiger partial charge is 0.430 e. The smallest absolute Gasteiger partial charge is 0.380 e. The lowest BCUT2D eigenvalue weighted by atomic mass is 9.89. The van der Waals surface area contributed by atoms with Crippen LogP contribution >= 0.6 is 11.6 Å². The number of amides is 3. The molecular formula is C30H35ClF3N5O4. The molecule has 0 aromatic heterocycles. The second-order valence-corrected chi connectivity index (χ2v) is 11.8. The number of hydrogen-bond donors (Lipinski definition) is 2. The summed E-state index contributed by atoms with van der Waals surface area (Å²) in [6.07, 6.45) is -4.15. The van der Waals surface area contributed by atoms with E-state index in [1.807, 2.05) is 6.07 Å². The van der Waals surface area contributed by atoms with Crippen LogP contribution in [0.5, 0.6) is 0 Å². The molecule has 13 heteroatoms. The number of nitrogens with zero attached hydrogens (tertiary/aromatic N) is 4. The van der Waals surface area contributed by atoms with Gasteiger partial charge in [0.1, 0.15) is 0 Å². The minimum absolute atomic E-state index is 0.00629. The molecule has 1 atom stereocenters. The molecule has 3 aliphatic rings. The van der Waals surface area contributed by atoms with Gasteiger partial charge in [0, 0.05) is 76.6 Å². The van der Waals surface area contributed by atoms with E-state index in [4.69, 9.17) is 11.6 Å². The molecule has 5 rings (SSSR count). The van der Waals surface area contributed by atoms with Crippen molar-refractivity contribution < 1.29 is 32.7 Å². The van der Waals surface area contributed by atoms with Crippen molar-refractivity contribution in [2.24, 2.45) is 0 Å². The Kier molecular flexibility index (Phi) is 8.92. The van der Waals surface area contributed by atoms with Crippen LogP contribution in [0.4, 0.5) is 18.9 Å². The molecule has 9 nitrogen and oxygen atoms in total. The normalized spacial score (nSPS) is 20.4. The van der Waals surface area contributed by atoms with E-state index in [1.54, 1.807) is 21.9 Å². The van der Waals surface area contributed by atoms with Crippen molar-refractivity contribution in [2.45, 2.75) is 43.6 Å². The summed E-state index contributed by atoms with van der Waals surface area (Å²) in [5.74, 6) is -1.52. The van der Waals surface area contributed by atoms with Gasteiger partial charge in [-0.3, -0.25) is 19.3 Å². The number of alkyl halides is 3. The van der Waals surface area contributed by atoms with Gasteiger partial charge in [0.25, 0.3) is 17.4 Å². The summed E-state index contributed by atoms with van der Waals surface area (Å²) in [4.78, 5) is 44.3. The predicted octanol–water partition coefficient (Wildman–Crippen LogP) is 3.18. The summed E-state index contributed by atoms with van der Waals surface area (Å²) in [5, 5.41) is 14.4. The molecule has 3 heterocycles. The van der Waals surface area contributed by atoms with Gasteiger partial charge in [0.2, 0.25) is 5.91 Å². The summed E-state index contributed by atoms with van der Waals surface area (Å²) in [6, 6.07) is 12.0. The average molecular weight is 622 g/mol. The van der Waals surface area contributed by atoms with Gasteiger partial charge in [0.15, 0.2) is 0 Å². The first-order valence-corrected chi connectivity index (χ1v) is 14.7. The molecule has 232 valence electrons. The third kappa shape index (κ3) is 6.32. The number of benzene rings is 2. The van der Waals surface area contributed by atoms with Gasteiger partial charge in [-0.15, -0.1) is 0 Å². The highest BCUT2D eigenvalue weighted by molar-refractivity contribution is 6.34. The number of halogens is 4. The van der Waals surface area contributed by atoms with Crippen LogP contribution in [0.3, 0.4) is 0 Å². The SMILES string of the molecule is CC(=O)N1CCN(C(=O)c2ccc(NC3CN(C4CCN(C(=O)C(O)(c5ccccc5)C(F)(F)F)CC4)C3)cc2Cl)CC1. The quantitative estimate of drug-likeness (QED) is 0.515. The molecule has 2 aromatic carbocycles. The number of piperidine rings is 1. The summed E-state index contributed by atoms with van der Waals surface area (Å²) >= 11 is 6.47. The first-order chi connectivity index (χ1) is 20.4. The first-order valence-electron chi connectivity index (χ1n) is 14.4. The fraction of sp³-hybridized carbons (Fsp3) is 0.500. The van der Waals surface area contributed by atoms with Crippen molar-refractivity contribution in [3.05, 3.63) is 64.7 Å². The number of likely N-dealkylation sites (tertiary alicyclic amines) is 2. The van der Waals surface area contributed by atoms with Crippen LogP contribution in [-0.4, -0.2) is 113 Å². The van der Waals surface area contributed by atoms with Crippen LogP contribution in [0.25, 0.3) is 0 Å². The molecule has 43 heavy (non-hydrogen) atoms. The molecule has 0 aliphatic carbocycles. The fourth-order valence-electron chi connectivity index (χ4n) is 6.06. The molecule has 3 saturated heterocycles. The molecule has 3 fully saturated rings. The van der Waals surface area contributed by atoms with Crippen molar-refractivity contribution in [3.63, 3.8) is 0 Å². The van der Waals surface area contributed by atoms with Gasteiger partial charge < -0.3 is 25.1 Å². The molecule has 2 N–H and O–H groups in total. The monoisotopic (exact) mass is 621 g/mol. The zero-order chi connectivity index (χ0) is 30.9. The molecule has 2 aromatic rings. The second-order valence-electron chi connectivity index (χ2n) is 11.4. The van der Waals surface area contributed by atoms with Crippen LogP contribution in [0, 0.1) is 0 Å². The number of hydrogen-bond acceptors (Lipinski definition) is 6. The van der Waals surface area contributed by atoms with Gasteiger partial charge in [-0.1, -0.05) is 41.9 Å². The summed E-state index contributed by atoms with van der Waals surface area (Å²) in [5.41, 5.74) is -2.89. The molecule has 3 amide bonds. The molecule has 0 radical (unpaired) electrons. The standard InChI is InChI=1S/C30H35ClF3N5O4/c1-20(40)36-13-15-37(16-14-36)27(41)25-8-7-22(17-26(25)31)35-23-18-39(19-23)24-9-11-38(12-10-24)28(42)29(43,30(32,33)34)21-5-3-2-4-6-21/h2-8,17,23-24,35,43H,9-16,18-19H2,1H3. The lowest BCUT2D eigenvalue weighted by molar-refractivity contribution is -0.262. The van der Waals surface area contributed by atoms with Crippen LogP contribution < -0.4 is 5.32 Å². The summed E-state index contributed by atoms with van der Waals surface area (Å²) in [7, 11) is 0. The van der Waals surface area contributed by atoms with Gasteiger partial charge in [-0.2, -0.15) is 13.2 Å². The zero-order valence-corrected chi connectivity index (χ0v) is 24.6. The van der Waals surface area contributed by atoms with Crippen LogP contribution in [-0.2, 0) is 15.2 Å². The van der Waals surface area contributed by atoms with E-state index in [9.17, 15) is 32.7 Å². The predicted molar refractivity (Wildman–Crippen MR) is 155 cm³/mol. The van der Waals surface area contributed by atoms with Crippen molar-refractivity contribution in [2.75, 3.05) is 57.7 Å². The van der Waals surface area contributed by atoms with E-state index in [1.165, 1.54) is 25.1 Å². The molecule has 0 bridgehead atoms. The van der Waals surface area contributed by atoms with Gasteiger partial charge >= 0.3 is 6.18 Å². The first kappa shape index (κ1) is 31.1. The Balaban J connectivity index is 1.10. The maximum atomic E-state index is 13.9. The Labute approximate surface area is 253 Å². The minimum Gasteiger partial charge on any atom is -0.380 e. The van der Waals surface area contributed by atoms with E-state index in [-0.39, 0.29) is 37.0 Å². The lowest BCUT2D eigenvalue weighted by Crippen LogP contribution is -2.62. The molecule has 0 spiro atoms. The highest BCUT2D eigenvalue weighted by Crippen LogP contribution is 2.41. The number of carbonyl (C=O) groups excluding carboxylic acids is 3. The van der Waals surface area contributed by atoms with Gasteiger partial charge in [0.05, 0.1) is 16.6 Å². The van der Waals surface area contributed by atoms with E-state index in [0.29, 0.717) is 62.7 Å². The highest BCUT2D eigenvalue weighted by atomic mass is 35.5. The number of rotatable bonds is 6. The lowest BCUT2D eigenvalue weighted by Gasteiger charge is -2.48. The number of anilines is 1. The van der Waals surface area contributed by atoms with Gasteiger partial charge in [-0.05, 0) is 31.0 Å². The number of carbonyl (C=O) groups is 3. The van der Waals surface area contributed by atoms with Crippen molar-refractivity contribution in [3.8, 4) is 0 Å². The van der Waals surface area contributed by atoms with Crippen molar-refractivity contribution >= 4 is 35.0 Å². The Morgan fingerprint density at radius 3 is 2.05 bits per heavy atom. The average Bonchev–Trinajstić information content (AvgIpc) is 2.97. The third-order valence-corrected chi connectivity index (χ3v) is 8.98. The number of aliphatic hydroxyl groups is 1. The van der Waals surface area contributed by atoms with Crippen molar-refractivity contribution in [1.29, 1.82) is 0 Å². The maximum absolute atomic E-state index is 13.9. The van der Waals surface area contributed by atoms with Crippen LogP contribution in [0.2, 0.25) is 5.02 Å². The Hall–Kier alpha value is -3.35. The number of nitrogens with one attached hydrogen (secondary N) is 1. The number of piperazine rings is 1. The summed E-state index contributed by atoms with van der Waals surface area (Å²) < 4.78 is 41.8. The molecule has 1 unspecified atom stereocenters. The molecule has 0 saturated carbocycles. The highest BCUT2D eigenvalue weighted by Gasteiger charge is 2.62. The van der Waals surface area contributed by atoms with E-state index >= 15 is 0 Å². The van der Waals surface area contributed by atoms with E-state index < -0.39 is 23.2 Å². The van der Waals surface area contributed by atoms with E-state index in [0.717, 1.165) is 22.7 Å². The van der Waals surface area contributed by atoms with E-state index in [2.05, 4.69) is 10.2 Å². The Morgan fingerprint density at radius 2 is 1.49 bits per heavy atom. The zero-order valence-electron chi connectivity index (χ0n) is 23.8. The minimum atomic E-state index is -5.15. The fourth-order valence-corrected chi connectivity index (χ4v) is 6.32. The summed E-state index contributed by atoms with van der Waals surface area (Å²) in [6.45, 7) is 5.09. The van der Waals surface area contributed by atoms with Crippen molar-refractivity contribution in [1.82, 2.24) is 19.6 Å². The third-order valence-electron chi connectivity index (χ3n) is 8.67.